The summed E-state index contributed by atoms with van der Waals surface area (Å²) in [5, 5.41) is 7.04. The van der Waals surface area contributed by atoms with Crippen LogP contribution < -0.4 is 10.6 Å². The lowest BCUT2D eigenvalue weighted by Crippen LogP contribution is -2.61. The number of likely N-dealkylation sites (tertiary alicyclic amines) is 2. The van der Waals surface area contributed by atoms with Crippen molar-refractivity contribution >= 4 is 17.7 Å². The molecule has 204 valence electrons. The summed E-state index contributed by atoms with van der Waals surface area (Å²) in [6.45, 7) is 7.52. The Morgan fingerprint density at radius 1 is 1.08 bits per heavy atom. The molecule has 1 aromatic rings. The number of hydrogen-bond acceptors (Lipinski definition) is 5. The molecule has 4 aliphatic rings. The van der Waals surface area contributed by atoms with E-state index < -0.39 is 5.54 Å². The van der Waals surface area contributed by atoms with Crippen molar-refractivity contribution in [2.24, 2.45) is 5.92 Å². The second kappa shape index (κ2) is 11.2. The first-order valence-electron chi connectivity index (χ1n) is 14.4. The van der Waals surface area contributed by atoms with Gasteiger partial charge in [0.15, 0.2) is 0 Å². The quantitative estimate of drug-likeness (QED) is 0.600. The van der Waals surface area contributed by atoms with Crippen LogP contribution in [0.15, 0.2) is 12.1 Å². The van der Waals surface area contributed by atoms with Gasteiger partial charge in [0, 0.05) is 49.4 Å². The van der Waals surface area contributed by atoms with E-state index in [0.29, 0.717) is 24.6 Å². The third kappa shape index (κ3) is 5.31. The summed E-state index contributed by atoms with van der Waals surface area (Å²) in [4.78, 5) is 30.5. The molecule has 1 saturated carbocycles. The van der Waals surface area contributed by atoms with Crippen LogP contribution in [-0.2, 0) is 16.0 Å². The van der Waals surface area contributed by atoms with E-state index in [1.54, 1.807) is 0 Å². The standard InChI is InChI=1S/C29H43FN4O3/c1-3-37-28(36)33-16-13-23(14-17-33)34-15-7-10-22(19-34)31-27(35)29(21-8-5-4-6-9-21)18-24-25(30)12-11-20(2)26(24)32-29/h11-12,21-23,32H,3-10,13-19H2,1-2H3,(H,31,35)/t22-,29?/m0/s1. The number of benzene rings is 1. The zero-order valence-corrected chi connectivity index (χ0v) is 22.5. The maximum Gasteiger partial charge on any atom is 0.409 e. The van der Waals surface area contributed by atoms with Gasteiger partial charge in [-0.1, -0.05) is 25.3 Å². The molecule has 37 heavy (non-hydrogen) atoms. The first-order valence-corrected chi connectivity index (χ1v) is 14.4. The van der Waals surface area contributed by atoms with Crippen molar-refractivity contribution in [3.8, 4) is 0 Å². The summed E-state index contributed by atoms with van der Waals surface area (Å²) in [5.41, 5.74) is 1.71. The smallest absolute Gasteiger partial charge is 0.409 e. The van der Waals surface area contributed by atoms with Gasteiger partial charge in [-0.15, -0.1) is 0 Å². The fourth-order valence-electron chi connectivity index (χ4n) is 7.20. The molecule has 3 fully saturated rings. The number of carbonyl (C=O) groups excluding carboxylic acids is 2. The van der Waals surface area contributed by atoms with E-state index in [0.717, 1.165) is 88.8 Å². The lowest BCUT2D eigenvalue weighted by molar-refractivity contribution is -0.128. The van der Waals surface area contributed by atoms with E-state index in [1.807, 2.05) is 24.8 Å². The number of rotatable bonds is 5. The summed E-state index contributed by atoms with van der Waals surface area (Å²) in [5.74, 6) is 0.0364. The Kier molecular flexibility index (Phi) is 7.93. The van der Waals surface area contributed by atoms with Crippen molar-refractivity contribution in [1.82, 2.24) is 15.1 Å². The minimum absolute atomic E-state index is 0.0402. The van der Waals surface area contributed by atoms with E-state index in [1.165, 1.54) is 12.5 Å². The van der Waals surface area contributed by atoms with E-state index >= 15 is 0 Å². The maximum absolute atomic E-state index is 14.9. The predicted molar refractivity (Wildman–Crippen MR) is 142 cm³/mol. The molecule has 3 heterocycles. The molecule has 7 nitrogen and oxygen atoms in total. The number of hydrogen-bond donors (Lipinski definition) is 2. The number of ether oxygens (including phenoxy) is 1. The van der Waals surface area contributed by atoms with E-state index in [-0.39, 0.29) is 29.8 Å². The van der Waals surface area contributed by atoms with Crippen LogP contribution >= 0.6 is 0 Å². The largest absolute Gasteiger partial charge is 0.450 e. The van der Waals surface area contributed by atoms with E-state index in [4.69, 9.17) is 4.74 Å². The summed E-state index contributed by atoms with van der Waals surface area (Å²) in [6, 6.07) is 3.85. The van der Waals surface area contributed by atoms with Gasteiger partial charge in [-0.25, -0.2) is 9.18 Å². The Labute approximate surface area is 220 Å². The number of piperidine rings is 2. The van der Waals surface area contributed by atoms with Crippen LogP contribution in [0.25, 0.3) is 0 Å². The number of nitrogens with zero attached hydrogens (tertiary/aromatic N) is 2. The number of amides is 2. The molecule has 2 N–H and O–H groups in total. The van der Waals surface area contributed by atoms with Gasteiger partial charge in [-0.2, -0.15) is 0 Å². The van der Waals surface area contributed by atoms with Gasteiger partial charge in [0.05, 0.1) is 6.61 Å². The van der Waals surface area contributed by atoms with Crippen molar-refractivity contribution < 1.29 is 18.7 Å². The molecular weight excluding hydrogens is 471 g/mol. The third-order valence-corrected chi connectivity index (χ3v) is 9.27. The molecule has 2 amide bonds. The number of anilines is 1. The zero-order chi connectivity index (χ0) is 26.0. The second-order valence-corrected chi connectivity index (χ2v) is 11.6. The highest BCUT2D eigenvalue weighted by molar-refractivity contribution is 5.93. The molecule has 0 spiro atoms. The number of nitrogens with one attached hydrogen (secondary N) is 2. The normalized spacial score (nSPS) is 27.4. The van der Waals surface area contributed by atoms with Crippen molar-refractivity contribution in [2.45, 2.75) is 95.7 Å². The highest BCUT2D eigenvalue weighted by Crippen LogP contribution is 2.45. The molecule has 2 saturated heterocycles. The Hall–Kier alpha value is -2.35. The summed E-state index contributed by atoms with van der Waals surface area (Å²) in [6.07, 6.45) is 9.55. The molecular formula is C29H43FN4O3. The van der Waals surface area contributed by atoms with Gasteiger partial charge >= 0.3 is 6.09 Å². The molecule has 0 bridgehead atoms. The van der Waals surface area contributed by atoms with Crippen LogP contribution in [0, 0.1) is 18.7 Å². The Bertz CT molecular complexity index is 957. The maximum atomic E-state index is 14.9. The van der Waals surface area contributed by atoms with Crippen molar-refractivity contribution in [1.29, 1.82) is 0 Å². The van der Waals surface area contributed by atoms with Crippen LogP contribution in [0.1, 0.15) is 75.8 Å². The van der Waals surface area contributed by atoms with Gasteiger partial charge in [0.1, 0.15) is 11.4 Å². The van der Waals surface area contributed by atoms with Gasteiger partial charge in [-0.05, 0) is 76.5 Å². The minimum Gasteiger partial charge on any atom is -0.450 e. The number of halogens is 1. The van der Waals surface area contributed by atoms with Gasteiger partial charge < -0.3 is 20.3 Å². The average Bonchev–Trinajstić information content (AvgIpc) is 3.36. The second-order valence-electron chi connectivity index (χ2n) is 11.6. The number of fused-ring (bicyclic) bond motifs is 1. The van der Waals surface area contributed by atoms with Crippen LogP contribution in [0.2, 0.25) is 0 Å². The molecule has 1 aliphatic carbocycles. The first kappa shape index (κ1) is 26.3. The van der Waals surface area contributed by atoms with Crippen LogP contribution in [-0.4, -0.2) is 72.2 Å². The topological polar surface area (TPSA) is 73.9 Å². The molecule has 0 aromatic heterocycles. The van der Waals surface area contributed by atoms with E-state index in [9.17, 15) is 14.0 Å². The monoisotopic (exact) mass is 514 g/mol. The molecule has 8 heteroatoms. The third-order valence-electron chi connectivity index (χ3n) is 9.27. The number of aryl methyl sites for hydroxylation is 1. The molecule has 1 unspecified atom stereocenters. The fourth-order valence-corrected chi connectivity index (χ4v) is 7.20. The van der Waals surface area contributed by atoms with Crippen molar-refractivity contribution in [3.05, 3.63) is 29.1 Å². The number of carbonyl (C=O) groups is 2. The van der Waals surface area contributed by atoms with Gasteiger partial charge in [0.25, 0.3) is 0 Å². The van der Waals surface area contributed by atoms with Crippen LogP contribution in [0.4, 0.5) is 14.9 Å². The molecule has 3 aliphatic heterocycles. The molecule has 2 atom stereocenters. The minimum atomic E-state index is -0.775. The summed E-state index contributed by atoms with van der Waals surface area (Å²) >= 11 is 0. The zero-order valence-electron chi connectivity index (χ0n) is 22.5. The highest BCUT2D eigenvalue weighted by atomic mass is 19.1. The summed E-state index contributed by atoms with van der Waals surface area (Å²) in [7, 11) is 0. The first-order chi connectivity index (χ1) is 17.9. The Morgan fingerprint density at radius 3 is 2.54 bits per heavy atom. The molecule has 5 rings (SSSR count). The summed E-state index contributed by atoms with van der Waals surface area (Å²) < 4.78 is 20.0. The molecule has 1 aromatic carbocycles. The van der Waals surface area contributed by atoms with Crippen LogP contribution in [0.5, 0.6) is 0 Å². The highest BCUT2D eigenvalue weighted by Gasteiger charge is 2.51. The fraction of sp³-hybridized carbons (Fsp3) is 0.724. The Balaban J connectivity index is 1.26. The van der Waals surface area contributed by atoms with Crippen molar-refractivity contribution in [3.63, 3.8) is 0 Å². The van der Waals surface area contributed by atoms with Crippen molar-refractivity contribution in [2.75, 3.05) is 38.1 Å². The average molecular weight is 515 g/mol. The van der Waals surface area contributed by atoms with E-state index in [2.05, 4.69) is 15.5 Å². The predicted octanol–water partition coefficient (Wildman–Crippen LogP) is 4.62. The van der Waals surface area contributed by atoms with Crippen LogP contribution in [0.3, 0.4) is 0 Å². The Morgan fingerprint density at radius 2 is 1.84 bits per heavy atom. The molecule has 0 radical (unpaired) electrons. The SMILES string of the molecule is CCOC(=O)N1CCC(N2CCC[C@H](NC(=O)C3(C4CCCCC4)Cc4c(F)ccc(C)c4N3)C2)CC1. The lowest BCUT2D eigenvalue weighted by Gasteiger charge is -2.44. The lowest BCUT2D eigenvalue weighted by atomic mass is 9.72. The van der Waals surface area contributed by atoms with Gasteiger partial charge in [-0.3, -0.25) is 9.69 Å². The van der Waals surface area contributed by atoms with Gasteiger partial charge in [0.2, 0.25) is 5.91 Å².